The largest absolute Gasteiger partial charge is 0.421 e. The van der Waals surface area contributed by atoms with Crippen molar-refractivity contribution in [3.63, 3.8) is 0 Å². The number of fused-ring (bicyclic) bond motifs is 16. The predicted molar refractivity (Wildman–Crippen MR) is 231 cm³/mol. The number of anilines is 8. The highest BCUT2D eigenvalue weighted by molar-refractivity contribution is 6.89. The molecule has 6 heteroatoms. The summed E-state index contributed by atoms with van der Waals surface area (Å²) in [4.78, 5) is 10.4. The molecule has 0 unspecified atom stereocenters. The third-order valence-corrected chi connectivity index (χ3v) is 12.2. The molecular formula is C48H40B2N4. The first-order valence-corrected chi connectivity index (χ1v) is 19.2. The molecule has 7 aromatic rings. The van der Waals surface area contributed by atoms with E-state index in [1.165, 1.54) is 112 Å². The van der Waals surface area contributed by atoms with Gasteiger partial charge in [-0.3, -0.25) is 0 Å². The predicted octanol–water partition coefficient (Wildman–Crippen LogP) is 10.9. The summed E-state index contributed by atoms with van der Waals surface area (Å²) in [5.74, 6) is 0. The highest BCUT2D eigenvalue weighted by Gasteiger charge is 2.52. The van der Waals surface area contributed by atoms with Gasteiger partial charge >= 0.3 is 14.0 Å². The molecule has 0 spiro atoms. The molecule has 0 aliphatic carbocycles. The Morgan fingerprint density at radius 3 is 0.963 bits per heavy atom. The Balaban J connectivity index is 1.22. The van der Waals surface area contributed by atoms with Gasteiger partial charge in [0, 0.05) is 33.9 Å². The monoisotopic (exact) mass is 694 g/mol. The van der Waals surface area contributed by atoms with E-state index in [0.717, 1.165) is 0 Å². The van der Waals surface area contributed by atoms with E-state index in [0.29, 0.717) is 0 Å². The number of hydrogen-bond acceptors (Lipinski definition) is 4. The second-order valence-electron chi connectivity index (χ2n) is 15.8. The van der Waals surface area contributed by atoms with E-state index >= 15 is 0 Å². The zero-order valence-electron chi connectivity index (χ0n) is 31.6. The average Bonchev–Trinajstić information content (AvgIpc) is 3.68. The van der Waals surface area contributed by atoms with Crippen molar-refractivity contribution in [3.8, 4) is 22.3 Å². The molecule has 4 heterocycles. The summed E-state index contributed by atoms with van der Waals surface area (Å²) in [5.41, 5.74) is 25.6. The maximum atomic E-state index is 2.62. The highest BCUT2D eigenvalue weighted by Crippen LogP contribution is 2.55. The standard InChI is InChI=1S/C48H40B2N4/c1-29-23-31(3)47(32(4)24-29)53-45-21-13-11-19-43(45)51-41-17-9-7-15-35(41)37-28-40-38(27-39(37)49(51)53)36-16-8-10-18-42(36)52-44-20-12-14-22-46(44)54(50(40)52)48-33(5)25-30(2)26-34(48)6/h7-28H,1-6H3. The summed E-state index contributed by atoms with van der Waals surface area (Å²) in [6, 6.07) is 50.5. The maximum absolute atomic E-state index is 2.62. The van der Waals surface area contributed by atoms with Crippen LogP contribution in [0.5, 0.6) is 0 Å². The molecule has 0 radical (unpaired) electrons. The summed E-state index contributed by atoms with van der Waals surface area (Å²) < 4.78 is 0. The van der Waals surface area contributed by atoms with Crippen molar-refractivity contribution >= 4 is 70.4 Å². The second kappa shape index (κ2) is 11.2. The van der Waals surface area contributed by atoms with E-state index in [4.69, 9.17) is 0 Å². The molecule has 0 aromatic heterocycles. The molecule has 0 bridgehead atoms. The van der Waals surface area contributed by atoms with Gasteiger partial charge in [0.1, 0.15) is 0 Å². The van der Waals surface area contributed by atoms with E-state index in [-0.39, 0.29) is 14.0 Å². The van der Waals surface area contributed by atoms with Crippen LogP contribution in [0.25, 0.3) is 22.3 Å². The summed E-state index contributed by atoms with van der Waals surface area (Å²) in [6.45, 7) is 13.4. The fourth-order valence-electron chi connectivity index (χ4n) is 10.5. The van der Waals surface area contributed by atoms with Crippen molar-refractivity contribution in [2.75, 3.05) is 19.2 Å². The molecular weight excluding hydrogens is 654 g/mol. The average molecular weight is 694 g/mol. The van der Waals surface area contributed by atoms with E-state index in [2.05, 4.69) is 194 Å². The topological polar surface area (TPSA) is 13.0 Å². The van der Waals surface area contributed by atoms with E-state index < -0.39 is 0 Å². The van der Waals surface area contributed by atoms with Crippen LogP contribution in [0.15, 0.2) is 133 Å². The summed E-state index contributed by atoms with van der Waals surface area (Å²) >= 11 is 0. The van der Waals surface area contributed by atoms with Crippen molar-refractivity contribution in [1.29, 1.82) is 0 Å². The van der Waals surface area contributed by atoms with E-state index in [1.54, 1.807) is 0 Å². The summed E-state index contributed by atoms with van der Waals surface area (Å²) in [7, 11) is 0. The third kappa shape index (κ3) is 4.11. The first-order valence-electron chi connectivity index (χ1n) is 19.2. The van der Waals surface area contributed by atoms with Crippen molar-refractivity contribution in [3.05, 3.63) is 167 Å². The highest BCUT2D eigenvalue weighted by atomic mass is 15.3. The Labute approximate surface area is 319 Å². The molecule has 54 heavy (non-hydrogen) atoms. The van der Waals surface area contributed by atoms with Crippen molar-refractivity contribution in [2.45, 2.75) is 41.5 Å². The van der Waals surface area contributed by atoms with Crippen LogP contribution in [-0.4, -0.2) is 14.0 Å². The lowest BCUT2D eigenvalue weighted by atomic mass is 9.53. The van der Waals surface area contributed by atoms with Crippen LogP contribution in [0.1, 0.15) is 33.4 Å². The Morgan fingerprint density at radius 2 is 0.611 bits per heavy atom. The van der Waals surface area contributed by atoms with Crippen molar-refractivity contribution in [2.24, 2.45) is 0 Å². The minimum atomic E-state index is -0.0543. The Hall–Kier alpha value is -6.13. The van der Waals surface area contributed by atoms with Crippen LogP contribution in [0.2, 0.25) is 0 Å². The van der Waals surface area contributed by atoms with Crippen molar-refractivity contribution in [1.82, 2.24) is 0 Å². The van der Waals surface area contributed by atoms with Gasteiger partial charge in [0.05, 0.1) is 22.7 Å². The molecule has 4 nitrogen and oxygen atoms in total. The number of nitrogens with zero attached hydrogens (tertiary/aromatic N) is 4. The molecule has 258 valence electrons. The summed E-state index contributed by atoms with van der Waals surface area (Å²) in [6.07, 6.45) is 0. The van der Waals surface area contributed by atoms with Crippen molar-refractivity contribution < 1.29 is 0 Å². The van der Waals surface area contributed by atoms with E-state index in [9.17, 15) is 0 Å². The molecule has 0 atom stereocenters. The van der Waals surface area contributed by atoms with Gasteiger partial charge in [0.2, 0.25) is 0 Å². The van der Waals surface area contributed by atoms with Gasteiger partial charge in [-0.05, 0) is 122 Å². The number of hydrogen-bond donors (Lipinski definition) is 0. The van der Waals surface area contributed by atoms with Crippen LogP contribution in [0.3, 0.4) is 0 Å². The number of benzene rings is 7. The first kappa shape index (κ1) is 31.4. The van der Waals surface area contributed by atoms with Gasteiger partial charge in [-0.1, -0.05) is 108 Å². The Morgan fingerprint density at radius 1 is 0.315 bits per heavy atom. The zero-order chi connectivity index (χ0) is 36.6. The van der Waals surface area contributed by atoms with Gasteiger partial charge in [-0.25, -0.2) is 0 Å². The van der Waals surface area contributed by atoms with Gasteiger partial charge < -0.3 is 19.2 Å². The van der Waals surface area contributed by atoms with Gasteiger partial charge in [-0.15, -0.1) is 0 Å². The van der Waals surface area contributed by atoms with Crippen LogP contribution in [0, 0.1) is 41.5 Å². The molecule has 0 saturated carbocycles. The molecule has 0 fully saturated rings. The Kier molecular flexibility index (Phi) is 6.51. The van der Waals surface area contributed by atoms with Crippen LogP contribution in [-0.2, 0) is 0 Å². The number of para-hydroxylation sites is 6. The van der Waals surface area contributed by atoms with Gasteiger partial charge in [0.25, 0.3) is 0 Å². The second-order valence-corrected chi connectivity index (χ2v) is 15.8. The molecule has 7 aromatic carbocycles. The quantitative estimate of drug-likeness (QED) is 0.167. The number of rotatable bonds is 2. The minimum absolute atomic E-state index is 0.0543. The smallest absolute Gasteiger partial charge is 0.359 e. The fourth-order valence-corrected chi connectivity index (χ4v) is 10.5. The molecule has 11 rings (SSSR count). The SMILES string of the molecule is Cc1cc(C)c(N2B3c4cc5c(cc4-c4ccccc4N3c3ccccc32)B2N(c3ccccc3-5)c3ccccc3N2c2c(C)cc(C)cc2C)c(C)c1. The lowest BCUT2D eigenvalue weighted by molar-refractivity contribution is 1.26. The lowest BCUT2D eigenvalue weighted by Gasteiger charge is -2.41. The zero-order valence-corrected chi connectivity index (χ0v) is 31.6. The fraction of sp³-hybridized carbons (Fsp3) is 0.125. The molecule has 0 amide bonds. The van der Waals surface area contributed by atoms with Crippen LogP contribution < -0.4 is 30.2 Å². The molecule has 4 aliphatic rings. The molecule has 0 N–H and O–H groups in total. The first-order chi connectivity index (χ1) is 26.3. The normalized spacial score (nSPS) is 14.3. The molecule has 4 aliphatic heterocycles. The van der Waals surface area contributed by atoms with Crippen LogP contribution >= 0.6 is 0 Å². The minimum Gasteiger partial charge on any atom is -0.359 e. The third-order valence-electron chi connectivity index (χ3n) is 12.2. The molecule has 0 saturated heterocycles. The summed E-state index contributed by atoms with van der Waals surface area (Å²) in [5, 5.41) is 0. The maximum Gasteiger partial charge on any atom is 0.421 e. The van der Waals surface area contributed by atoms with Gasteiger partial charge in [0.15, 0.2) is 0 Å². The lowest BCUT2D eigenvalue weighted by Crippen LogP contribution is -2.59. The van der Waals surface area contributed by atoms with Crippen LogP contribution in [0.4, 0.5) is 45.5 Å². The Bertz CT molecular complexity index is 2520. The number of aryl methyl sites for hydroxylation is 6. The van der Waals surface area contributed by atoms with Gasteiger partial charge in [-0.2, -0.15) is 0 Å². The van der Waals surface area contributed by atoms with E-state index in [1.807, 2.05) is 0 Å².